The molecule has 0 saturated heterocycles. The first-order chi connectivity index (χ1) is 12.2. The first-order valence-electron chi connectivity index (χ1n) is 7.69. The number of sulfone groups is 1. The summed E-state index contributed by atoms with van der Waals surface area (Å²) in [6.45, 7) is 0. The van der Waals surface area contributed by atoms with E-state index in [4.69, 9.17) is 9.47 Å². The average molecular weight is 399 g/mol. The number of rotatable bonds is 7. The van der Waals surface area contributed by atoms with Crippen LogP contribution in [0.25, 0.3) is 0 Å². The lowest BCUT2D eigenvalue weighted by molar-refractivity contribution is 0.0169. The van der Waals surface area contributed by atoms with E-state index in [-0.39, 0.29) is 10.6 Å². The summed E-state index contributed by atoms with van der Waals surface area (Å²) in [5, 5.41) is 21.1. The molecule has 2 rings (SSSR count). The fourth-order valence-electron chi connectivity index (χ4n) is 2.58. The lowest BCUT2D eigenvalue weighted by Crippen LogP contribution is -2.11. The molecule has 2 N–H and O–H groups in total. The molecule has 0 aliphatic heterocycles. The van der Waals surface area contributed by atoms with Crippen LogP contribution < -0.4 is 9.47 Å². The van der Waals surface area contributed by atoms with Crippen molar-refractivity contribution in [1.29, 1.82) is 0 Å². The zero-order valence-electron chi connectivity index (χ0n) is 15.0. The third-order valence-corrected chi connectivity index (χ3v) is 5.89. The van der Waals surface area contributed by atoms with E-state index in [1.165, 1.54) is 44.2 Å². The molecular formula is C18H22O6S2. The molecule has 8 heteroatoms. The first kappa shape index (κ1) is 20.6. The van der Waals surface area contributed by atoms with Gasteiger partial charge in [-0.05, 0) is 41.6 Å². The SMILES string of the molecule is COc1cc(C(O)C(O)c2ccc(S(C)(=O)=O)c(OC)c2)ccc1SC. The summed E-state index contributed by atoms with van der Waals surface area (Å²) >= 11 is 1.51. The molecule has 0 radical (unpaired) electrons. The molecule has 142 valence electrons. The molecule has 0 heterocycles. The summed E-state index contributed by atoms with van der Waals surface area (Å²) in [6.07, 6.45) is 0.518. The van der Waals surface area contributed by atoms with Gasteiger partial charge in [-0.15, -0.1) is 11.8 Å². The second-order valence-electron chi connectivity index (χ2n) is 5.69. The van der Waals surface area contributed by atoms with Crippen LogP contribution in [0, 0.1) is 0 Å². The highest BCUT2D eigenvalue weighted by Crippen LogP contribution is 2.36. The maximum atomic E-state index is 11.8. The highest BCUT2D eigenvalue weighted by atomic mass is 32.2. The van der Waals surface area contributed by atoms with Crippen LogP contribution in [0.2, 0.25) is 0 Å². The van der Waals surface area contributed by atoms with Crippen molar-refractivity contribution in [2.75, 3.05) is 26.7 Å². The van der Waals surface area contributed by atoms with Gasteiger partial charge in [-0.3, -0.25) is 0 Å². The Kier molecular flexibility index (Phi) is 6.57. The Morgan fingerprint density at radius 2 is 1.42 bits per heavy atom. The number of ether oxygens (including phenoxy) is 2. The fourth-order valence-corrected chi connectivity index (χ4v) is 3.95. The maximum absolute atomic E-state index is 11.8. The third-order valence-electron chi connectivity index (χ3n) is 3.98. The van der Waals surface area contributed by atoms with E-state index >= 15 is 0 Å². The summed E-state index contributed by atoms with van der Waals surface area (Å²) in [4.78, 5) is 0.938. The van der Waals surface area contributed by atoms with Gasteiger partial charge in [0.15, 0.2) is 9.84 Å². The smallest absolute Gasteiger partial charge is 0.179 e. The summed E-state index contributed by atoms with van der Waals surface area (Å²) in [5.74, 6) is 0.720. The predicted molar refractivity (Wildman–Crippen MR) is 101 cm³/mol. The van der Waals surface area contributed by atoms with Crippen molar-refractivity contribution in [1.82, 2.24) is 0 Å². The number of hydrogen-bond donors (Lipinski definition) is 2. The van der Waals surface area contributed by atoms with E-state index in [0.29, 0.717) is 16.9 Å². The lowest BCUT2D eigenvalue weighted by Gasteiger charge is -2.21. The molecule has 0 spiro atoms. The molecule has 26 heavy (non-hydrogen) atoms. The largest absolute Gasteiger partial charge is 0.496 e. The number of thioether (sulfide) groups is 1. The monoisotopic (exact) mass is 398 g/mol. The number of benzene rings is 2. The summed E-state index contributed by atoms with van der Waals surface area (Å²) < 4.78 is 34.0. The minimum absolute atomic E-state index is 0.0245. The van der Waals surface area contributed by atoms with E-state index < -0.39 is 22.0 Å². The van der Waals surface area contributed by atoms with Gasteiger partial charge in [-0.1, -0.05) is 12.1 Å². The Morgan fingerprint density at radius 3 is 1.88 bits per heavy atom. The lowest BCUT2D eigenvalue weighted by atomic mass is 9.98. The normalized spacial score (nSPS) is 13.9. The molecule has 2 unspecified atom stereocenters. The van der Waals surface area contributed by atoms with Gasteiger partial charge in [0.2, 0.25) is 0 Å². The molecule has 0 saturated carbocycles. The van der Waals surface area contributed by atoms with Crippen molar-refractivity contribution in [3.63, 3.8) is 0 Å². The summed E-state index contributed by atoms with van der Waals surface area (Å²) in [7, 11) is -0.577. The predicted octanol–water partition coefficient (Wildman–Crippen LogP) is 2.60. The molecule has 0 aliphatic carbocycles. The highest BCUT2D eigenvalue weighted by molar-refractivity contribution is 7.98. The quantitative estimate of drug-likeness (QED) is 0.693. The Morgan fingerprint density at radius 1 is 0.923 bits per heavy atom. The van der Waals surface area contributed by atoms with E-state index in [1.54, 1.807) is 12.1 Å². The zero-order valence-corrected chi connectivity index (χ0v) is 16.6. The van der Waals surface area contributed by atoms with Gasteiger partial charge in [0.05, 0.1) is 14.2 Å². The van der Waals surface area contributed by atoms with Crippen LogP contribution >= 0.6 is 11.8 Å². The van der Waals surface area contributed by atoms with Crippen molar-refractivity contribution in [3.05, 3.63) is 47.5 Å². The van der Waals surface area contributed by atoms with Crippen LogP contribution in [0.4, 0.5) is 0 Å². The third kappa shape index (κ3) is 4.32. The van der Waals surface area contributed by atoms with E-state index in [9.17, 15) is 18.6 Å². The van der Waals surface area contributed by atoms with E-state index in [1.807, 2.05) is 12.3 Å². The van der Waals surface area contributed by atoms with Crippen molar-refractivity contribution < 1.29 is 28.1 Å². The second kappa shape index (κ2) is 8.30. The molecule has 0 fully saturated rings. The molecular weight excluding hydrogens is 376 g/mol. The van der Waals surface area contributed by atoms with Gasteiger partial charge in [0.1, 0.15) is 28.6 Å². The van der Waals surface area contributed by atoms with Crippen LogP contribution in [0.15, 0.2) is 46.2 Å². The van der Waals surface area contributed by atoms with Gasteiger partial charge in [-0.25, -0.2) is 8.42 Å². The Balaban J connectivity index is 2.38. The first-order valence-corrected chi connectivity index (χ1v) is 10.8. The number of hydrogen-bond acceptors (Lipinski definition) is 7. The molecule has 2 aromatic rings. The standard InChI is InChI=1S/C18H22O6S2/c1-23-13-9-11(5-7-15(13)25-3)17(19)18(20)12-6-8-16(26(4,21)22)14(10-12)24-2/h5-10,17-20H,1-4H3. The van der Waals surface area contributed by atoms with E-state index in [2.05, 4.69) is 0 Å². The fraction of sp³-hybridized carbons (Fsp3) is 0.333. The zero-order chi connectivity index (χ0) is 19.5. The highest BCUT2D eigenvalue weighted by Gasteiger charge is 2.24. The van der Waals surface area contributed by atoms with Crippen molar-refractivity contribution in [2.45, 2.75) is 22.0 Å². The minimum Gasteiger partial charge on any atom is -0.496 e. The number of methoxy groups -OCH3 is 2. The molecule has 6 nitrogen and oxygen atoms in total. The molecule has 0 aromatic heterocycles. The van der Waals surface area contributed by atoms with Gasteiger partial charge >= 0.3 is 0 Å². The number of aliphatic hydroxyl groups is 2. The molecule has 0 amide bonds. The van der Waals surface area contributed by atoms with Crippen molar-refractivity contribution >= 4 is 21.6 Å². The summed E-state index contributed by atoms with van der Waals surface area (Å²) in [6, 6.07) is 9.42. The molecule has 2 aromatic carbocycles. The molecule has 0 bridgehead atoms. The van der Waals surface area contributed by atoms with Crippen LogP contribution in [0.3, 0.4) is 0 Å². The number of aliphatic hydroxyl groups excluding tert-OH is 2. The van der Waals surface area contributed by atoms with Gasteiger partial charge < -0.3 is 19.7 Å². The maximum Gasteiger partial charge on any atom is 0.179 e. The van der Waals surface area contributed by atoms with E-state index in [0.717, 1.165) is 11.2 Å². The van der Waals surface area contributed by atoms with Gasteiger partial charge in [0.25, 0.3) is 0 Å². The molecule has 2 atom stereocenters. The second-order valence-corrected chi connectivity index (χ2v) is 8.52. The van der Waals surface area contributed by atoms with Crippen molar-refractivity contribution in [2.24, 2.45) is 0 Å². The van der Waals surface area contributed by atoms with Gasteiger partial charge in [0, 0.05) is 11.2 Å². The van der Waals surface area contributed by atoms with Crippen LogP contribution in [0.1, 0.15) is 23.3 Å². The Hall–Kier alpha value is -1.74. The Labute approximate surface area is 157 Å². The van der Waals surface area contributed by atoms with Crippen molar-refractivity contribution in [3.8, 4) is 11.5 Å². The minimum atomic E-state index is -3.47. The Bertz CT molecular complexity index is 879. The van der Waals surface area contributed by atoms with Gasteiger partial charge in [-0.2, -0.15) is 0 Å². The average Bonchev–Trinajstić information content (AvgIpc) is 2.64. The summed E-state index contributed by atoms with van der Waals surface area (Å²) in [5.41, 5.74) is 0.827. The van der Waals surface area contributed by atoms with Crippen LogP contribution in [-0.2, 0) is 9.84 Å². The molecule has 0 aliphatic rings. The van der Waals surface area contributed by atoms with Crippen LogP contribution in [-0.4, -0.2) is 45.4 Å². The van der Waals surface area contributed by atoms with Crippen LogP contribution in [0.5, 0.6) is 11.5 Å². The topological polar surface area (TPSA) is 93.1 Å².